The third kappa shape index (κ3) is 1.85. The first kappa shape index (κ1) is 10.5. The summed E-state index contributed by atoms with van der Waals surface area (Å²) in [6.45, 7) is 1.87. The molecule has 0 aliphatic rings. The first-order chi connectivity index (χ1) is 7.70. The second kappa shape index (κ2) is 4.24. The highest BCUT2D eigenvalue weighted by molar-refractivity contribution is 5.47. The number of aryl methyl sites for hydroxylation is 1. The van der Waals surface area contributed by atoms with E-state index in [4.69, 9.17) is 5.73 Å². The largest absolute Gasteiger partial charge is 0.383 e. The van der Waals surface area contributed by atoms with Gasteiger partial charge in [-0.3, -0.25) is 0 Å². The Balaban J connectivity index is 2.46. The van der Waals surface area contributed by atoms with Crippen LogP contribution in [0.3, 0.4) is 0 Å². The second-order valence-corrected chi connectivity index (χ2v) is 3.46. The fourth-order valence-corrected chi connectivity index (χ4v) is 1.56. The molecule has 0 radical (unpaired) electrons. The van der Waals surface area contributed by atoms with Crippen molar-refractivity contribution in [1.29, 1.82) is 0 Å². The maximum absolute atomic E-state index is 10.1. The summed E-state index contributed by atoms with van der Waals surface area (Å²) in [5.41, 5.74) is 7.74. The molecule has 0 fully saturated rings. The van der Waals surface area contributed by atoms with Gasteiger partial charge in [0.25, 0.3) is 0 Å². The number of hydrogen-bond acceptors (Lipinski definition) is 5. The maximum Gasteiger partial charge on any atom is 0.129 e. The van der Waals surface area contributed by atoms with Crippen LogP contribution in [0.15, 0.2) is 30.9 Å². The second-order valence-electron chi connectivity index (χ2n) is 3.46. The number of nitrogens with zero attached hydrogens (tertiary/aromatic N) is 3. The summed E-state index contributed by atoms with van der Waals surface area (Å²) < 4.78 is 0. The lowest BCUT2D eigenvalue weighted by Gasteiger charge is -2.14. The van der Waals surface area contributed by atoms with Crippen molar-refractivity contribution >= 4 is 5.82 Å². The third-order valence-corrected chi connectivity index (χ3v) is 2.40. The van der Waals surface area contributed by atoms with Crippen molar-refractivity contribution < 1.29 is 5.11 Å². The molecule has 0 amide bonds. The lowest BCUT2D eigenvalue weighted by molar-refractivity contribution is 0.215. The molecule has 2 heterocycles. The molecule has 1 atom stereocenters. The molecule has 0 aromatic carbocycles. The van der Waals surface area contributed by atoms with Gasteiger partial charge in [-0.1, -0.05) is 0 Å². The Morgan fingerprint density at radius 2 is 2.06 bits per heavy atom. The van der Waals surface area contributed by atoms with E-state index >= 15 is 0 Å². The molecule has 2 aromatic heterocycles. The SMILES string of the molecule is Cc1ccnc(N)c1C(O)c1ccncn1. The fraction of sp³-hybridized carbons (Fsp3) is 0.182. The quantitative estimate of drug-likeness (QED) is 0.777. The van der Waals surface area contributed by atoms with Gasteiger partial charge in [-0.05, 0) is 24.6 Å². The van der Waals surface area contributed by atoms with Crippen LogP contribution in [0, 0.1) is 6.92 Å². The molecule has 0 bridgehead atoms. The van der Waals surface area contributed by atoms with E-state index in [0.29, 0.717) is 17.1 Å². The van der Waals surface area contributed by atoms with E-state index in [9.17, 15) is 5.11 Å². The number of aliphatic hydroxyl groups is 1. The zero-order valence-electron chi connectivity index (χ0n) is 8.83. The molecule has 2 rings (SSSR count). The standard InChI is InChI=1S/C11H12N4O/c1-7-2-5-14-11(12)9(7)10(16)8-3-4-13-6-15-8/h2-6,10,16H,1H3,(H2,12,14). The Morgan fingerprint density at radius 1 is 1.25 bits per heavy atom. The first-order valence-electron chi connectivity index (χ1n) is 4.85. The number of nitrogen functional groups attached to an aromatic ring is 1. The number of hydrogen-bond donors (Lipinski definition) is 2. The molecule has 0 aliphatic heterocycles. The van der Waals surface area contributed by atoms with Gasteiger partial charge in [-0.15, -0.1) is 0 Å². The molecule has 0 saturated heterocycles. The number of rotatable bonds is 2. The predicted octanol–water partition coefficient (Wildman–Crippen LogP) is 0.844. The highest BCUT2D eigenvalue weighted by Gasteiger charge is 2.17. The van der Waals surface area contributed by atoms with Crippen LogP contribution in [0.4, 0.5) is 5.82 Å². The molecular weight excluding hydrogens is 204 g/mol. The van der Waals surface area contributed by atoms with Crippen molar-refractivity contribution in [2.75, 3.05) is 5.73 Å². The molecule has 16 heavy (non-hydrogen) atoms. The third-order valence-electron chi connectivity index (χ3n) is 2.40. The molecule has 82 valence electrons. The van der Waals surface area contributed by atoms with Crippen molar-refractivity contribution in [3.05, 3.63) is 47.7 Å². The summed E-state index contributed by atoms with van der Waals surface area (Å²) in [4.78, 5) is 11.8. The Morgan fingerprint density at radius 3 is 2.69 bits per heavy atom. The monoisotopic (exact) mass is 216 g/mol. The van der Waals surface area contributed by atoms with E-state index in [1.165, 1.54) is 6.33 Å². The smallest absolute Gasteiger partial charge is 0.129 e. The van der Waals surface area contributed by atoms with Gasteiger partial charge in [-0.2, -0.15) is 0 Å². The average Bonchev–Trinajstić information content (AvgIpc) is 2.30. The minimum atomic E-state index is -0.864. The van der Waals surface area contributed by atoms with Crippen LogP contribution in [0.25, 0.3) is 0 Å². The van der Waals surface area contributed by atoms with Crippen LogP contribution in [-0.4, -0.2) is 20.1 Å². The van der Waals surface area contributed by atoms with Crippen LogP contribution >= 0.6 is 0 Å². The van der Waals surface area contributed by atoms with E-state index in [0.717, 1.165) is 5.56 Å². The van der Waals surface area contributed by atoms with E-state index in [1.807, 2.05) is 6.92 Å². The maximum atomic E-state index is 10.1. The minimum absolute atomic E-state index is 0.325. The van der Waals surface area contributed by atoms with Crippen molar-refractivity contribution in [2.45, 2.75) is 13.0 Å². The molecule has 0 aliphatic carbocycles. The summed E-state index contributed by atoms with van der Waals surface area (Å²) in [5.74, 6) is 0.325. The van der Waals surface area contributed by atoms with Crippen molar-refractivity contribution in [2.24, 2.45) is 0 Å². The molecule has 5 heteroatoms. The molecule has 0 saturated carbocycles. The lowest BCUT2D eigenvalue weighted by Crippen LogP contribution is -2.09. The van der Waals surface area contributed by atoms with Gasteiger partial charge in [-0.25, -0.2) is 15.0 Å². The van der Waals surface area contributed by atoms with E-state index in [-0.39, 0.29) is 0 Å². The number of anilines is 1. The van der Waals surface area contributed by atoms with Gasteiger partial charge >= 0.3 is 0 Å². The summed E-state index contributed by atoms with van der Waals surface area (Å²) >= 11 is 0. The Hall–Kier alpha value is -2.01. The topological polar surface area (TPSA) is 84.9 Å². The number of aliphatic hydroxyl groups excluding tert-OH is 1. The van der Waals surface area contributed by atoms with Crippen LogP contribution in [0.1, 0.15) is 22.9 Å². The highest BCUT2D eigenvalue weighted by Crippen LogP contribution is 2.26. The molecule has 0 spiro atoms. The van der Waals surface area contributed by atoms with E-state index in [2.05, 4.69) is 15.0 Å². The van der Waals surface area contributed by atoms with Crippen molar-refractivity contribution in [1.82, 2.24) is 15.0 Å². The van der Waals surface area contributed by atoms with E-state index in [1.54, 1.807) is 24.5 Å². The van der Waals surface area contributed by atoms with Gasteiger partial charge < -0.3 is 10.8 Å². The Bertz CT molecular complexity index is 466. The predicted molar refractivity (Wildman–Crippen MR) is 59.5 cm³/mol. The fourth-order valence-electron chi connectivity index (χ4n) is 1.56. The number of nitrogens with two attached hydrogens (primary N) is 1. The summed E-state index contributed by atoms with van der Waals surface area (Å²) in [7, 11) is 0. The zero-order chi connectivity index (χ0) is 11.5. The lowest BCUT2D eigenvalue weighted by atomic mass is 10.0. The van der Waals surface area contributed by atoms with Crippen LogP contribution in [0.5, 0.6) is 0 Å². The minimum Gasteiger partial charge on any atom is -0.383 e. The van der Waals surface area contributed by atoms with Gasteiger partial charge in [0.2, 0.25) is 0 Å². The average molecular weight is 216 g/mol. The molecule has 1 unspecified atom stereocenters. The van der Waals surface area contributed by atoms with Crippen LogP contribution in [-0.2, 0) is 0 Å². The highest BCUT2D eigenvalue weighted by atomic mass is 16.3. The summed E-state index contributed by atoms with van der Waals surface area (Å²) in [5, 5.41) is 10.1. The van der Waals surface area contributed by atoms with Gasteiger partial charge in [0.1, 0.15) is 18.2 Å². The van der Waals surface area contributed by atoms with Crippen LogP contribution in [0.2, 0.25) is 0 Å². The molecule has 5 nitrogen and oxygen atoms in total. The van der Waals surface area contributed by atoms with Gasteiger partial charge in [0.15, 0.2) is 0 Å². The van der Waals surface area contributed by atoms with Crippen molar-refractivity contribution in [3.63, 3.8) is 0 Å². The first-order valence-corrected chi connectivity index (χ1v) is 4.85. The normalized spacial score (nSPS) is 12.4. The Kier molecular flexibility index (Phi) is 2.78. The Labute approximate surface area is 93.0 Å². The molecular formula is C11H12N4O. The molecule has 2 aromatic rings. The van der Waals surface area contributed by atoms with Crippen LogP contribution < -0.4 is 5.73 Å². The van der Waals surface area contributed by atoms with E-state index < -0.39 is 6.10 Å². The number of pyridine rings is 1. The van der Waals surface area contributed by atoms with Gasteiger partial charge in [0.05, 0.1) is 5.69 Å². The summed E-state index contributed by atoms with van der Waals surface area (Å²) in [6, 6.07) is 3.45. The molecule has 3 N–H and O–H groups in total. The number of aromatic nitrogens is 3. The van der Waals surface area contributed by atoms with Crippen molar-refractivity contribution in [3.8, 4) is 0 Å². The van der Waals surface area contributed by atoms with Gasteiger partial charge in [0, 0.05) is 18.0 Å². The summed E-state index contributed by atoms with van der Waals surface area (Å²) in [6.07, 6.45) is 3.71. The zero-order valence-corrected chi connectivity index (χ0v) is 8.83.